The highest BCUT2D eigenvalue weighted by atomic mass is 32.2. The predicted octanol–water partition coefficient (Wildman–Crippen LogP) is 1.36. The van der Waals surface area contributed by atoms with Gasteiger partial charge in [-0.25, -0.2) is 8.42 Å². The van der Waals surface area contributed by atoms with E-state index in [0.717, 1.165) is 0 Å². The zero-order valence-electron chi connectivity index (χ0n) is 11.2. The molecule has 110 valence electrons. The Kier molecular flexibility index (Phi) is 4.59. The van der Waals surface area contributed by atoms with Crippen LogP contribution in [0.15, 0.2) is 17.5 Å². The zero-order chi connectivity index (χ0) is 14.8. The number of Topliss-reactive ketones (excluding diaryl/α,β-unsaturated/α-hetero) is 1. The third-order valence-electron chi connectivity index (χ3n) is 3.51. The number of nitrogens with zero attached hydrogens (tertiary/aromatic N) is 1. The largest absolute Gasteiger partial charge is 0.342 e. The van der Waals surface area contributed by atoms with Gasteiger partial charge >= 0.3 is 0 Å². The molecule has 0 aromatic carbocycles. The summed E-state index contributed by atoms with van der Waals surface area (Å²) in [5.74, 6) is -0.0323. The summed E-state index contributed by atoms with van der Waals surface area (Å²) >= 11 is 1.36. The van der Waals surface area contributed by atoms with Crippen molar-refractivity contribution in [1.29, 1.82) is 0 Å². The topological polar surface area (TPSA) is 71.5 Å². The molecule has 1 aromatic heterocycles. The Morgan fingerprint density at radius 3 is 2.70 bits per heavy atom. The minimum absolute atomic E-state index is 0.0358. The van der Waals surface area contributed by atoms with Gasteiger partial charge in [-0.1, -0.05) is 6.07 Å². The van der Waals surface area contributed by atoms with Gasteiger partial charge in [-0.3, -0.25) is 9.59 Å². The summed E-state index contributed by atoms with van der Waals surface area (Å²) in [5, 5.41) is 1.82. The van der Waals surface area contributed by atoms with Crippen molar-refractivity contribution in [2.24, 2.45) is 0 Å². The highest BCUT2D eigenvalue weighted by molar-refractivity contribution is 7.91. The van der Waals surface area contributed by atoms with Gasteiger partial charge < -0.3 is 4.90 Å². The molecule has 7 heteroatoms. The molecule has 0 saturated carbocycles. The van der Waals surface area contributed by atoms with Crippen molar-refractivity contribution in [3.63, 3.8) is 0 Å². The number of hydrogen-bond acceptors (Lipinski definition) is 5. The summed E-state index contributed by atoms with van der Waals surface area (Å²) in [5.41, 5.74) is 0. The van der Waals surface area contributed by atoms with Gasteiger partial charge in [0, 0.05) is 25.9 Å². The molecule has 0 spiro atoms. The first-order chi connectivity index (χ1) is 9.39. The van der Waals surface area contributed by atoms with Gasteiger partial charge in [0.1, 0.15) is 0 Å². The summed E-state index contributed by atoms with van der Waals surface area (Å²) < 4.78 is 22.8. The first kappa shape index (κ1) is 15.2. The zero-order valence-corrected chi connectivity index (χ0v) is 12.9. The molecular weight excluding hydrogens is 298 g/mol. The van der Waals surface area contributed by atoms with Crippen LogP contribution in [-0.2, 0) is 14.6 Å². The van der Waals surface area contributed by atoms with Crippen LogP contribution in [0, 0.1) is 0 Å². The van der Waals surface area contributed by atoms with Crippen molar-refractivity contribution >= 4 is 32.9 Å². The number of amides is 1. The molecule has 20 heavy (non-hydrogen) atoms. The molecule has 5 nitrogen and oxygen atoms in total. The molecule has 2 heterocycles. The van der Waals surface area contributed by atoms with E-state index in [4.69, 9.17) is 0 Å². The monoisotopic (exact) mass is 315 g/mol. The van der Waals surface area contributed by atoms with Crippen LogP contribution in [-0.4, -0.2) is 49.6 Å². The molecule has 1 aliphatic heterocycles. The van der Waals surface area contributed by atoms with Crippen molar-refractivity contribution in [2.75, 3.05) is 18.6 Å². The van der Waals surface area contributed by atoms with Crippen molar-refractivity contribution in [2.45, 2.75) is 25.3 Å². The molecule has 1 saturated heterocycles. The third-order valence-corrected chi connectivity index (χ3v) is 6.17. The predicted molar refractivity (Wildman–Crippen MR) is 77.7 cm³/mol. The van der Waals surface area contributed by atoms with Crippen LogP contribution in [0.2, 0.25) is 0 Å². The highest BCUT2D eigenvalue weighted by Crippen LogP contribution is 2.18. The minimum Gasteiger partial charge on any atom is -0.342 e. The molecule has 1 atom stereocenters. The lowest BCUT2D eigenvalue weighted by molar-refractivity contribution is -0.131. The van der Waals surface area contributed by atoms with Gasteiger partial charge in [0.15, 0.2) is 15.6 Å². The van der Waals surface area contributed by atoms with E-state index in [1.54, 1.807) is 19.2 Å². The van der Waals surface area contributed by atoms with Crippen LogP contribution >= 0.6 is 11.3 Å². The standard InChI is InChI=1S/C13H17NO4S2/c1-14(10-6-8-20(17,18)9-10)13(16)5-4-11(15)12-3-2-7-19-12/h2-3,7,10H,4-6,8-9H2,1H3. The number of sulfone groups is 1. The van der Waals surface area contributed by atoms with Crippen LogP contribution in [0.25, 0.3) is 0 Å². The van der Waals surface area contributed by atoms with Gasteiger partial charge in [0.05, 0.1) is 16.4 Å². The smallest absolute Gasteiger partial charge is 0.223 e. The second kappa shape index (κ2) is 6.05. The van der Waals surface area contributed by atoms with E-state index in [1.165, 1.54) is 16.2 Å². The second-order valence-electron chi connectivity index (χ2n) is 4.96. The normalized spacial score (nSPS) is 20.8. The molecule has 1 aliphatic rings. The van der Waals surface area contributed by atoms with E-state index in [0.29, 0.717) is 11.3 Å². The second-order valence-corrected chi connectivity index (χ2v) is 8.14. The van der Waals surface area contributed by atoms with E-state index < -0.39 is 9.84 Å². The maximum Gasteiger partial charge on any atom is 0.223 e. The van der Waals surface area contributed by atoms with Crippen LogP contribution in [0.5, 0.6) is 0 Å². The van der Waals surface area contributed by atoms with Crippen LogP contribution in [0.3, 0.4) is 0 Å². The molecule has 0 bridgehead atoms. The highest BCUT2D eigenvalue weighted by Gasteiger charge is 2.32. The van der Waals surface area contributed by atoms with Gasteiger partial charge in [-0.05, 0) is 17.9 Å². The molecule has 1 unspecified atom stereocenters. The van der Waals surface area contributed by atoms with Crippen molar-refractivity contribution in [1.82, 2.24) is 4.90 Å². The third kappa shape index (κ3) is 3.67. The summed E-state index contributed by atoms with van der Waals surface area (Å²) in [6.07, 6.45) is 0.788. The van der Waals surface area contributed by atoms with Gasteiger partial charge in [-0.15, -0.1) is 11.3 Å². The maximum absolute atomic E-state index is 12.0. The molecule has 1 amide bonds. The molecule has 1 fully saturated rings. The van der Waals surface area contributed by atoms with E-state index in [9.17, 15) is 18.0 Å². The van der Waals surface area contributed by atoms with Gasteiger partial charge in [-0.2, -0.15) is 0 Å². The molecule has 2 rings (SSSR count). The average molecular weight is 315 g/mol. The van der Waals surface area contributed by atoms with E-state index in [1.807, 2.05) is 5.38 Å². The molecular formula is C13H17NO4S2. The summed E-state index contributed by atoms with van der Waals surface area (Å²) in [7, 11) is -1.39. The van der Waals surface area contributed by atoms with Crippen LogP contribution in [0.4, 0.5) is 0 Å². The van der Waals surface area contributed by atoms with Crippen LogP contribution < -0.4 is 0 Å². The summed E-state index contributed by atoms with van der Waals surface area (Å²) in [6, 6.07) is 3.30. The van der Waals surface area contributed by atoms with Gasteiger partial charge in [0.25, 0.3) is 0 Å². The Balaban J connectivity index is 1.84. The van der Waals surface area contributed by atoms with E-state index >= 15 is 0 Å². The number of rotatable bonds is 5. The summed E-state index contributed by atoms with van der Waals surface area (Å²) in [4.78, 5) is 25.9. The molecule has 0 N–H and O–H groups in total. The molecule has 0 radical (unpaired) electrons. The maximum atomic E-state index is 12.0. The Bertz CT molecular complexity index is 592. The number of thiophene rings is 1. The SMILES string of the molecule is CN(C(=O)CCC(=O)c1cccs1)C1CCS(=O)(=O)C1. The van der Waals surface area contributed by atoms with Crippen molar-refractivity contribution in [3.8, 4) is 0 Å². The molecule has 0 aliphatic carbocycles. The molecule has 1 aromatic rings. The Labute approximate surface area is 122 Å². The first-order valence-corrected chi connectivity index (χ1v) is 9.12. The minimum atomic E-state index is -3.00. The fourth-order valence-electron chi connectivity index (χ4n) is 2.24. The summed E-state index contributed by atoms with van der Waals surface area (Å²) in [6.45, 7) is 0. The average Bonchev–Trinajstić information content (AvgIpc) is 3.03. The number of carbonyl (C=O) groups excluding carboxylic acids is 2. The number of ketones is 1. The number of carbonyl (C=O) groups is 2. The van der Waals surface area contributed by atoms with E-state index in [-0.39, 0.29) is 42.1 Å². The Hall–Kier alpha value is -1.21. The van der Waals surface area contributed by atoms with Crippen LogP contribution in [0.1, 0.15) is 28.9 Å². The van der Waals surface area contributed by atoms with Crippen molar-refractivity contribution < 1.29 is 18.0 Å². The lowest BCUT2D eigenvalue weighted by atomic mass is 10.1. The van der Waals surface area contributed by atoms with E-state index in [2.05, 4.69) is 0 Å². The fraction of sp³-hybridized carbons (Fsp3) is 0.538. The lowest BCUT2D eigenvalue weighted by Crippen LogP contribution is -2.37. The van der Waals surface area contributed by atoms with Gasteiger partial charge in [0.2, 0.25) is 5.91 Å². The first-order valence-electron chi connectivity index (χ1n) is 6.42. The number of hydrogen-bond donors (Lipinski definition) is 0. The van der Waals surface area contributed by atoms with Crippen molar-refractivity contribution in [3.05, 3.63) is 22.4 Å². The quantitative estimate of drug-likeness (QED) is 0.769. The fourth-order valence-corrected chi connectivity index (χ4v) is 4.71. The lowest BCUT2D eigenvalue weighted by Gasteiger charge is -2.23. The Morgan fingerprint density at radius 2 is 2.15 bits per heavy atom. The Morgan fingerprint density at radius 1 is 1.40 bits per heavy atom.